The minimum Gasteiger partial charge on any atom is -0.496 e. The molecule has 94 valence electrons. The molecule has 1 aromatic rings. The van der Waals surface area contributed by atoms with Crippen molar-refractivity contribution in [2.24, 2.45) is 5.92 Å². The zero-order valence-electron chi connectivity index (χ0n) is 10.4. The fourth-order valence-electron chi connectivity index (χ4n) is 3.08. The molecule has 0 saturated carbocycles. The Morgan fingerprint density at radius 3 is 3.17 bits per heavy atom. The van der Waals surface area contributed by atoms with E-state index in [-0.39, 0.29) is 0 Å². The lowest BCUT2D eigenvalue weighted by Crippen LogP contribution is -2.25. The molecule has 4 nitrogen and oxygen atoms in total. The Morgan fingerprint density at radius 2 is 2.39 bits per heavy atom. The maximum Gasteiger partial charge on any atom is 0.126 e. The maximum atomic E-state index is 8.81. The molecule has 1 fully saturated rings. The Bertz CT molecular complexity index is 481. The zero-order chi connectivity index (χ0) is 12.5. The average Bonchev–Trinajstić information content (AvgIpc) is 2.81. The maximum absolute atomic E-state index is 8.81. The van der Waals surface area contributed by atoms with E-state index < -0.39 is 0 Å². The van der Waals surface area contributed by atoms with Gasteiger partial charge in [-0.25, -0.2) is 0 Å². The second-order valence-electron chi connectivity index (χ2n) is 4.90. The molecule has 2 aliphatic rings. The summed E-state index contributed by atoms with van der Waals surface area (Å²) in [5.74, 6) is 2.75. The van der Waals surface area contributed by atoms with E-state index in [4.69, 9.17) is 14.7 Å². The van der Waals surface area contributed by atoms with Crippen LogP contribution in [0.25, 0.3) is 0 Å². The molecule has 0 amide bonds. The van der Waals surface area contributed by atoms with Crippen LogP contribution in [0.15, 0.2) is 18.2 Å². The fraction of sp³-hybridized carbons (Fsp3) is 0.500. The van der Waals surface area contributed by atoms with E-state index in [0.29, 0.717) is 18.4 Å². The van der Waals surface area contributed by atoms with Gasteiger partial charge >= 0.3 is 0 Å². The highest BCUT2D eigenvalue weighted by Crippen LogP contribution is 2.45. The summed E-state index contributed by atoms with van der Waals surface area (Å²) >= 11 is 0. The lowest BCUT2D eigenvalue weighted by atomic mass is 9.86. The van der Waals surface area contributed by atoms with Gasteiger partial charge in [0.05, 0.1) is 26.3 Å². The number of rotatable bonds is 2. The van der Waals surface area contributed by atoms with Gasteiger partial charge in [-0.1, -0.05) is 6.07 Å². The molecule has 0 N–H and O–H groups in total. The SMILES string of the molecule is COc1cccc2c1[C@H]1CN(CC#N)C[C@@H]1CO2. The first-order valence-corrected chi connectivity index (χ1v) is 6.22. The summed E-state index contributed by atoms with van der Waals surface area (Å²) in [4.78, 5) is 2.19. The summed E-state index contributed by atoms with van der Waals surface area (Å²) in [7, 11) is 1.70. The van der Waals surface area contributed by atoms with Gasteiger partial charge in [0.15, 0.2) is 0 Å². The van der Waals surface area contributed by atoms with Crippen LogP contribution in [0.4, 0.5) is 0 Å². The summed E-state index contributed by atoms with van der Waals surface area (Å²) in [5.41, 5.74) is 1.18. The highest BCUT2D eigenvalue weighted by Gasteiger charge is 2.40. The second kappa shape index (κ2) is 4.51. The predicted octanol–water partition coefficient (Wildman–Crippen LogP) is 1.63. The highest BCUT2D eigenvalue weighted by molar-refractivity contribution is 5.49. The first-order valence-electron chi connectivity index (χ1n) is 6.22. The molecule has 18 heavy (non-hydrogen) atoms. The van der Waals surface area contributed by atoms with Gasteiger partial charge in [-0.3, -0.25) is 4.90 Å². The van der Waals surface area contributed by atoms with Crippen LogP contribution in [0.3, 0.4) is 0 Å². The minimum atomic E-state index is 0.429. The van der Waals surface area contributed by atoms with Gasteiger partial charge < -0.3 is 9.47 Å². The van der Waals surface area contributed by atoms with Gasteiger partial charge in [0.25, 0.3) is 0 Å². The monoisotopic (exact) mass is 244 g/mol. The molecule has 1 saturated heterocycles. The largest absolute Gasteiger partial charge is 0.496 e. The average molecular weight is 244 g/mol. The Hall–Kier alpha value is -1.73. The van der Waals surface area contributed by atoms with Gasteiger partial charge in [-0.2, -0.15) is 5.26 Å². The van der Waals surface area contributed by atoms with E-state index in [1.165, 1.54) is 5.56 Å². The molecule has 2 aliphatic heterocycles. The fourth-order valence-corrected chi connectivity index (χ4v) is 3.08. The first-order chi connectivity index (χ1) is 8.83. The number of hydrogen-bond acceptors (Lipinski definition) is 4. The molecule has 0 spiro atoms. The van der Waals surface area contributed by atoms with E-state index in [9.17, 15) is 0 Å². The molecular weight excluding hydrogens is 228 g/mol. The van der Waals surface area contributed by atoms with Crippen molar-refractivity contribution in [1.82, 2.24) is 4.90 Å². The Labute approximate surface area is 107 Å². The number of hydrogen-bond donors (Lipinski definition) is 0. The molecule has 2 atom stereocenters. The van der Waals surface area contributed by atoms with Gasteiger partial charge in [0.1, 0.15) is 11.5 Å². The smallest absolute Gasteiger partial charge is 0.126 e. The van der Waals surface area contributed by atoms with Crippen LogP contribution >= 0.6 is 0 Å². The highest BCUT2D eigenvalue weighted by atomic mass is 16.5. The van der Waals surface area contributed by atoms with Crippen molar-refractivity contribution in [3.8, 4) is 17.6 Å². The van der Waals surface area contributed by atoms with Crippen molar-refractivity contribution in [2.75, 3.05) is 33.4 Å². The van der Waals surface area contributed by atoms with Crippen LogP contribution in [0, 0.1) is 17.2 Å². The van der Waals surface area contributed by atoms with Crippen molar-refractivity contribution < 1.29 is 9.47 Å². The quantitative estimate of drug-likeness (QED) is 0.742. The minimum absolute atomic E-state index is 0.429. The molecule has 0 aromatic heterocycles. The number of ether oxygens (including phenoxy) is 2. The van der Waals surface area contributed by atoms with E-state index in [1.54, 1.807) is 7.11 Å². The Balaban J connectivity index is 1.95. The van der Waals surface area contributed by atoms with Gasteiger partial charge in [-0.05, 0) is 12.1 Å². The topological polar surface area (TPSA) is 45.5 Å². The van der Waals surface area contributed by atoms with Crippen LogP contribution < -0.4 is 9.47 Å². The third-order valence-corrected chi connectivity index (χ3v) is 3.88. The van der Waals surface area contributed by atoms with E-state index in [1.807, 2.05) is 18.2 Å². The lowest BCUT2D eigenvalue weighted by molar-refractivity contribution is 0.211. The van der Waals surface area contributed by atoms with Crippen LogP contribution in [0.2, 0.25) is 0 Å². The molecule has 2 heterocycles. The van der Waals surface area contributed by atoms with Crippen molar-refractivity contribution in [3.05, 3.63) is 23.8 Å². The Morgan fingerprint density at radius 1 is 1.50 bits per heavy atom. The number of methoxy groups -OCH3 is 1. The van der Waals surface area contributed by atoms with E-state index >= 15 is 0 Å². The molecule has 0 radical (unpaired) electrons. The van der Waals surface area contributed by atoms with Crippen molar-refractivity contribution in [3.63, 3.8) is 0 Å². The number of fused-ring (bicyclic) bond motifs is 3. The summed E-state index contributed by atoms with van der Waals surface area (Å²) in [6, 6.07) is 8.17. The number of benzene rings is 1. The van der Waals surface area contributed by atoms with Crippen molar-refractivity contribution >= 4 is 0 Å². The van der Waals surface area contributed by atoms with Crippen molar-refractivity contribution in [1.29, 1.82) is 5.26 Å². The standard InChI is InChI=1S/C14H16N2O2/c1-17-12-3-2-4-13-14(12)11-8-16(6-5-15)7-10(11)9-18-13/h2-4,10-11H,6-9H2,1H3/t10-,11+/m1/s1. The van der Waals surface area contributed by atoms with E-state index in [0.717, 1.165) is 31.2 Å². The number of nitrogens with zero attached hydrogens (tertiary/aromatic N) is 2. The molecule has 3 rings (SSSR count). The molecule has 0 aliphatic carbocycles. The summed E-state index contributed by atoms with van der Waals surface area (Å²) in [5, 5.41) is 8.81. The summed E-state index contributed by atoms with van der Waals surface area (Å²) in [6.45, 7) is 3.11. The first kappa shape index (κ1) is 11.4. The second-order valence-corrected chi connectivity index (χ2v) is 4.90. The third kappa shape index (κ3) is 1.72. The van der Waals surface area contributed by atoms with Crippen LogP contribution in [-0.4, -0.2) is 38.3 Å². The van der Waals surface area contributed by atoms with Crippen LogP contribution in [0.5, 0.6) is 11.5 Å². The van der Waals surface area contributed by atoms with Gasteiger partial charge in [0.2, 0.25) is 0 Å². The zero-order valence-corrected chi connectivity index (χ0v) is 10.4. The number of nitriles is 1. The number of likely N-dealkylation sites (tertiary alicyclic amines) is 1. The van der Waals surface area contributed by atoms with Gasteiger partial charge in [-0.15, -0.1) is 0 Å². The van der Waals surface area contributed by atoms with Crippen LogP contribution in [-0.2, 0) is 0 Å². The van der Waals surface area contributed by atoms with Crippen molar-refractivity contribution in [2.45, 2.75) is 5.92 Å². The molecule has 4 heteroatoms. The molecule has 1 aromatic carbocycles. The summed E-state index contributed by atoms with van der Waals surface area (Å²) in [6.07, 6.45) is 0. The predicted molar refractivity (Wildman–Crippen MR) is 66.8 cm³/mol. The molecule has 0 unspecified atom stereocenters. The molecular formula is C14H16N2O2. The third-order valence-electron chi connectivity index (χ3n) is 3.88. The van der Waals surface area contributed by atoms with E-state index in [2.05, 4.69) is 11.0 Å². The van der Waals surface area contributed by atoms with Crippen LogP contribution in [0.1, 0.15) is 11.5 Å². The molecule has 0 bridgehead atoms. The normalized spacial score (nSPS) is 25.8. The summed E-state index contributed by atoms with van der Waals surface area (Å²) < 4.78 is 11.3. The van der Waals surface area contributed by atoms with Gasteiger partial charge in [0, 0.05) is 30.5 Å². The Kier molecular flexibility index (Phi) is 2.85. The lowest BCUT2D eigenvalue weighted by Gasteiger charge is -2.29.